The van der Waals surface area contributed by atoms with Crippen molar-refractivity contribution in [1.29, 1.82) is 0 Å². The number of rotatable bonds is 2. The zero-order valence-corrected chi connectivity index (χ0v) is 17.7. The van der Waals surface area contributed by atoms with Gasteiger partial charge in [-0.25, -0.2) is 4.98 Å². The van der Waals surface area contributed by atoms with E-state index in [2.05, 4.69) is 78.2 Å². The molecule has 0 unspecified atom stereocenters. The summed E-state index contributed by atoms with van der Waals surface area (Å²) in [5.74, 6) is 1.32. The van der Waals surface area contributed by atoms with Gasteiger partial charge in [-0.2, -0.15) is 0 Å². The van der Waals surface area contributed by atoms with E-state index in [1.165, 1.54) is 16.8 Å². The third-order valence-corrected chi connectivity index (χ3v) is 6.87. The fourth-order valence-corrected chi connectivity index (χ4v) is 5.02. The molecule has 5 heteroatoms. The minimum Gasteiger partial charge on any atom is -0.342 e. The summed E-state index contributed by atoms with van der Waals surface area (Å²) in [6.07, 6.45) is 6.25. The van der Waals surface area contributed by atoms with Crippen molar-refractivity contribution in [2.45, 2.75) is 38.3 Å². The minimum atomic E-state index is -0.150. The molecule has 1 fully saturated rings. The van der Waals surface area contributed by atoms with Crippen molar-refractivity contribution >= 4 is 5.91 Å². The molecule has 2 aromatic carbocycles. The van der Waals surface area contributed by atoms with E-state index in [0.717, 1.165) is 43.9 Å². The average Bonchev–Trinajstić information content (AvgIpc) is 3.23. The van der Waals surface area contributed by atoms with E-state index in [1.807, 2.05) is 11.1 Å². The van der Waals surface area contributed by atoms with Gasteiger partial charge in [0.25, 0.3) is 0 Å². The molecule has 2 aliphatic heterocycles. The molecule has 2 aliphatic rings. The Morgan fingerprint density at radius 1 is 1.07 bits per heavy atom. The van der Waals surface area contributed by atoms with Crippen LogP contribution in [-0.4, -0.2) is 45.4 Å². The highest BCUT2D eigenvalue weighted by molar-refractivity contribution is 5.79. The van der Waals surface area contributed by atoms with Gasteiger partial charge in [-0.15, -0.1) is 0 Å². The van der Waals surface area contributed by atoms with Crippen molar-refractivity contribution in [2.24, 2.45) is 0 Å². The summed E-state index contributed by atoms with van der Waals surface area (Å²) in [4.78, 5) is 22.2. The van der Waals surface area contributed by atoms with Crippen LogP contribution in [0.3, 0.4) is 0 Å². The molecule has 1 aromatic heterocycles. The first-order valence-electron chi connectivity index (χ1n) is 10.7. The second-order valence-electron chi connectivity index (χ2n) is 8.68. The zero-order valence-electron chi connectivity index (χ0n) is 17.7. The van der Waals surface area contributed by atoms with Gasteiger partial charge in [0, 0.05) is 32.0 Å². The van der Waals surface area contributed by atoms with Crippen molar-refractivity contribution in [1.82, 2.24) is 19.4 Å². The standard InChI is InChI=1S/C25H28N4O/c1-19-7-9-20(10-8-19)17-23(30)28-14-11-25(12-15-28)24-26-13-16-29(24)22-6-4-3-5-21(22)18-27(25)2/h3-10,13,16H,11-12,14-15,17-18H2,1-2H3. The molecule has 1 spiro atoms. The number of aromatic nitrogens is 2. The summed E-state index contributed by atoms with van der Waals surface area (Å²) in [6.45, 7) is 4.48. The van der Waals surface area contributed by atoms with Crippen LogP contribution in [0.2, 0.25) is 0 Å². The predicted octanol–water partition coefficient (Wildman–Crippen LogP) is 3.69. The number of carbonyl (C=O) groups is 1. The van der Waals surface area contributed by atoms with Crippen molar-refractivity contribution < 1.29 is 4.79 Å². The number of nitrogens with zero attached hydrogens (tertiary/aromatic N) is 4. The van der Waals surface area contributed by atoms with Crippen molar-refractivity contribution in [3.63, 3.8) is 0 Å². The number of imidazole rings is 1. The number of hydrogen-bond acceptors (Lipinski definition) is 3. The molecule has 0 radical (unpaired) electrons. The summed E-state index contributed by atoms with van der Waals surface area (Å²) in [5, 5.41) is 0. The number of fused-ring (bicyclic) bond motifs is 4. The van der Waals surface area contributed by atoms with E-state index in [1.54, 1.807) is 0 Å². The molecule has 0 N–H and O–H groups in total. The maximum Gasteiger partial charge on any atom is 0.226 e. The quantitative estimate of drug-likeness (QED) is 0.659. The van der Waals surface area contributed by atoms with E-state index in [-0.39, 0.29) is 11.4 Å². The number of benzene rings is 2. The molecular weight excluding hydrogens is 372 g/mol. The maximum atomic E-state index is 12.9. The fraction of sp³-hybridized carbons (Fsp3) is 0.360. The third-order valence-electron chi connectivity index (χ3n) is 6.87. The third kappa shape index (κ3) is 3.14. The van der Waals surface area contributed by atoms with Gasteiger partial charge in [0.2, 0.25) is 5.91 Å². The lowest BCUT2D eigenvalue weighted by molar-refractivity contribution is -0.133. The Bertz CT molecular complexity index is 1060. The second-order valence-corrected chi connectivity index (χ2v) is 8.68. The van der Waals surface area contributed by atoms with Crippen LogP contribution >= 0.6 is 0 Å². The van der Waals surface area contributed by atoms with Crippen molar-refractivity contribution in [2.75, 3.05) is 20.1 Å². The van der Waals surface area contributed by atoms with Gasteiger partial charge in [-0.3, -0.25) is 9.69 Å². The Morgan fingerprint density at radius 3 is 2.57 bits per heavy atom. The van der Waals surface area contributed by atoms with Crippen LogP contribution < -0.4 is 0 Å². The molecule has 0 aliphatic carbocycles. The number of carbonyl (C=O) groups excluding carboxylic acids is 1. The Balaban J connectivity index is 1.37. The number of para-hydroxylation sites is 1. The van der Waals surface area contributed by atoms with Gasteiger partial charge < -0.3 is 9.47 Å². The molecule has 0 saturated carbocycles. The maximum absolute atomic E-state index is 12.9. The summed E-state index contributed by atoms with van der Waals surface area (Å²) < 4.78 is 2.25. The molecular formula is C25H28N4O. The van der Waals surface area contributed by atoms with Crippen molar-refractivity contribution in [3.05, 3.63) is 83.4 Å². The Morgan fingerprint density at radius 2 is 1.80 bits per heavy atom. The van der Waals surface area contributed by atoms with Crippen molar-refractivity contribution in [3.8, 4) is 5.69 Å². The van der Waals surface area contributed by atoms with Crippen LogP contribution in [0.15, 0.2) is 60.9 Å². The van der Waals surface area contributed by atoms with Crippen LogP contribution in [0.4, 0.5) is 0 Å². The first kappa shape index (κ1) is 19.1. The van der Waals surface area contributed by atoms with E-state index >= 15 is 0 Å². The molecule has 30 heavy (non-hydrogen) atoms. The zero-order chi connectivity index (χ0) is 20.7. The number of piperidine rings is 1. The van der Waals surface area contributed by atoms with Crippen LogP contribution in [0.5, 0.6) is 0 Å². The lowest BCUT2D eigenvalue weighted by Gasteiger charge is -2.46. The molecule has 3 heterocycles. The molecule has 0 bridgehead atoms. The topological polar surface area (TPSA) is 41.4 Å². The van der Waals surface area contributed by atoms with E-state index < -0.39 is 0 Å². The molecule has 3 aromatic rings. The van der Waals surface area contributed by atoms with Gasteiger partial charge in [0.1, 0.15) is 5.82 Å². The van der Waals surface area contributed by atoms with Gasteiger partial charge in [-0.05, 0) is 44.0 Å². The Kier molecular flexibility index (Phi) is 4.70. The number of likely N-dealkylation sites (tertiary alicyclic amines) is 1. The van der Waals surface area contributed by atoms with E-state index in [9.17, 15) is 4.79 Å². The highest BCUT2D eigenvalue weighted by Gasteiger charge is 2.45. The molecule has 0 atom stereocenters. The number of aryl methyl sites for hydroxylation is 1. The van der Waals surface area contributed by atoms with E-state index in [0.29, 0.717) is 6.42 Å². The van der Waals surface area contributed by atoms with E-state index in [4.69, 9.17) is 4.98 Å². The largest absolute Gasteiger partial charge is 0.342 e. The van der Waals surface area contributed by atoms with Gasteiger partial charge in [-0.1, -0.05) is 48.0 Å². The predicted molar refractivity (Wildman–Crippen MR) is 117 cm³/mol. The monoisotopic (exact) mass is 400 g/mol. The Labute approximate surface area is 178 Å². The van der Waals surface area contributed by atoms with Gasteiger partial charge in [0.15, 0.2) is 0 Å². The molecule has 1 amide bonds. The van der Waals surface area contributed by atoms with Gasteiger partial charge in [0.05, 0.1) is 17.6 Å². The fourth-order valence-electron chi connectivity index (χ4n) is 5.02. The summed E-state index contributed by atoms with van der Waals surface area (Å²) in [6, 6.07) is 16.8. The molecule has 5 rings (SSSR count). The highest BCUT2D eigenvalue weighted by atomic mass is 16.2. The number of amides is 1. The second kappa shape index (κ2) is 7.40. The normalized spacial score (nSPS) is 18.0. The smallest absolute Gasteiger partial charge is 0.226 e. The number of hydrogen-bond donors (Lipinski definition) is 0. The first-order valence-corrected chi connectivity index (χ1v) is 10.7. The highest BCUT2D eigenvalue weighted by Crippen LogP contribution is 2.41. The lowest BCUT2D eigenvalue weighted by Crippen LogP contribution is -2.53. The Hall–Kier alpha value is -2.92. The SMILES string of the molecule is Cc1ccc(CC(=O)N2CCC3(CC2)c2nccn2-c2ccccc2CN3C)cc1. The summed E-state index contributed by atoms with van der Waals surface area (Å²) in [5.41, 5.74) is 4.69. The molecule has 5 nitrogen and oxygen atoms in total. The van der Waals surface area contributed by atoms with Crippen LogP contribution in [0.1, 0.15) is 35.4 Å². The summed E-state index contributed by atoms with van der Waals surface area (Å²) >= 11 is 0. The summed E-state index contributed by atoms with van der Waals surface area (Å²) in [7, 11) is 2.20. The lowest BCUT2D eigenvalue weighted by atomic mass is 9.84. The first-order chi connectivity index (χ1) is 14.6. The minimum absolute atomic E-state index is 0.150. The molecule has 1 saturated heterocycles. The van der Waals surface area contributed by atoms with Crippen LogP contribution in [0, 0.1) is 6.92 Å². The van der Waals surface area contributed by atoms with Crippen LogP contribution in [0.25, 0.3) is 5.69 Å². The van der Waals surface area contributed by atoms with Gasteiger partial charge >= 0.3 is 0 Å². The average molecular weight is 401 g/mol. The molecule has 154 valence electrons. The van der Waals surface area contributed by atoms with Crippen LogP contribution in [-0.2, 0) is 23.3 Å².